The summed E-state index contributed by atoms with van der Waals surface area (Å²) >= 11 is 0. The third kappa shape index (κ3) is 3.23. The Labute approximate surface area is 169 Å². The minimum Gasteiger partial charge on any atom is -0.391 e. The largest absolute Gasteiger partial charge is 0.391 e. The molecule has 2 fully saturated rings. The van der Waals surface area contributed by atoms with Crippen molar-refractivity contribution in [1.29, 1.82) is 0 Å². The topological polar surface area (TPSA) is 64.0 Å². The summed E-state index contributed by atoms with van der Waals surface area (Å²) in [6.07, 6.45) is 1.02. The van der Waals surface area contributed by atoms with Gasteiger partial charge < -0.3 is 15.1 Å². The molecule has 2 aromatic rings. The molecule has 2 N–H and O–H groups in total. The number of fused-ring (bicyclic) bond motifs is 3. The van der Waals surface area contributed by atoms with E-state index in [-0.39, 0.29) is 18.5 Å². The van der Waals surface area contributed by atoms with Crippen molar-refractivity contribution in [3.8, 4) is 0 Å². The summed E-state index contributed by atoms with van der Waals surface area (Å²) < 4.78 is 13.8. The Morgan fingerprint density at radius 3 is 2.52 bits per heavy atom. The van der Waals surface area contributed by atoms with Crippen LogP contribution in [-0.2, 0) is 13.1 Å². The number of alkyl halides is 1. The molecule has 5 rings (SSSR count). The molecule has 4 unspecified atom stereocenters. The Balaban J connectivity index is 1.51. The van der Waals surface area contributed by atoms with Gasteiger partial charge in [0.05, 0.1) is 18.2 Å². The smallest absolute Gasteiger partial charge is 0.254 e. The summed E-state index contributed by atoms with van der Waals surface area (Å²) in [5.41, 5.74) is 2.71. The first-order valence-electron chi connectivity index (χ1n) is 10.6. The number of aliphatic hydroxyl groups excluding tert-OH is 2. The van der Waals surface area contributed by atoms with Crippen LogP contribution in [0.2, 0.25) is 0 Å². The standard InChI is InChI=1S/C23H27FN2O3/c24-19-12-25(13-22(19)28)10-14-9-17-18(16-6-2-1-5-15(14)16)11-26(23(17)29)20-7-3-4-8-21(20)27/h1-2,5-6,9,19-22,27-28H,3-4,7-8,10-13H2. The third-order valence-corrected chi connectivity index (χ3v) is 6.85. The van der Waals surface area contributed by atoms with E-state index in [0.29, 0.717) is 25.2 Å². The molecule has 154 valence electrons. The van der Waals surface area contributed by atoms with Gasteiger partial charge in [-0.2, -0.15) is 0 Å². The fourth-order valence-electron chi connectivity index (χ4n) is 5.31. The van der Waals surface area contributed by atoms with Gasteiger partial charge in [-0.1, -0.05) is 37.1 Å². The van der Waals surface area contributed by atoms with Crippen molar-refractivity contribution in [2.75, 3.05) is 13.1 Å². The average molecular weight is 398 g/mol. The summed E-state index contributed by atoms with van der Waals surface area (Å²) in [7, 11) is 0. The molecule has 0 bridgehead atoms. The average Bonchev–Trinajstić information content (AvgIpc) is 3.21. The molecule has 2 aromatic carbocycles. The molecular formula is C23H27FN2O3. The van der Waals surface area contributed by atoms with E-state index in [4.69, 9.17) is 0 Å². The third-order valence-electron chi connectivity index (χ3n) is 6.85. The fraction of sp³-hybridized carbons (Fsp3) is 0.522. The summed E-state index contributed by atoms with van der Waals surface area (Å²) in [4.78, 5) is 17.0. The highest BCUT2D eigenvalue weighted by molar-refractivity contribution is 6.05. The lowest BCUT2D eigenvalue weighted by Crippen LogP contribution is -2.45. The lowest BCUT2D eigenvalue weighted by molar-refractivity contribution is 0.0192. The van der Waals surface area contributed by atoms with E-state index in [9.17, 15) is 19.4 Å². The minimum absolute atomic E-state index is 0.0113. The highest BCUT2D eigenvalue weighted by Crippen LogP contribution is 2.37. The van der Waals surface area contributed by atoms with Crippen molar-refractivity contribution in [3.05, 3.63) is 47.0 Å². The van der Waals surface area contributed by atoms with E-state index >= 15 is 0 Å². The maximum Gasteiger partial charge on any atom is 0.254 e. The van der Waals surface area contributed by atoms with Crippen LogP contribution in [0.5, 0.6) is 0 Å². The maximum atomic E-state index is 13.8. The molecular weight excluding hydrogens is 371 g/mol. The van der Waals surface area contributed by atoms with Gasteiger partial charge in [-0.3, -0.25) is 9.69 Å². The first kappa shape index (κ1) is 19.0. The van der Waals surface area contributed by atoms with Gasteiger partial charge in [-0.25, -0.2) is 4.39 Å². The number of hydrogen-bond acceptors (Lipinski definition) is 4. The number of β-amino-alcohol motifs (C(OH)–C–C–N with tert-alkyl or cyclic N) is 1. The van der Waals surface area contributed by atoms with E-state index in [1.807, 2.05) is 40.1 Å². The van der Waals surface area contributed by atoms with Gasteiger partial charge in [0.1, 0.15) is 6.17 Å². The normalized spacial score (nSPS) is 30.3. The number of likely N-dealkylation sites (tertiary alicyclic amines) is 1. The van der Waals surface area contributed by atoms with E-state index < -0.39 is 18.4 Å². The summed E-state index contributed by atoms with van der Waals surface area (Å²) in [5.74, 6) is -0.0113. The molecule has 3 aliphatic rings. The number of hydrogen-bond donors (Lipinski definition) is 2. The summed E-state index contributed by atoms with van der Waals surface area (Å²) in [6.45, 7) is 1.55. The molecule has 1 saturated heterocycles. The number of aliphatic hydroxyl groups is 2. The Hall–Kier alpha value is -2.02. The predicted octanol–water partition coefficient (Wildman–Crippen LogP) is 2.61. The monoisotopic (exact) mass is 398 g/mol. The van der Waals surface area contributed by atoms with Gasteiger partial charge in [0.15, 0.2) is 0 Å². The lowest BCUT2D eigenvalue weighted by atomic mass is 9.91. The second-order valence-electron chi connectivity index (χ2n) is 8.74. The molecule has 1 aliphatic carbocycles. The Bertz CT molecular complexity index is 939. The van der Waals surface area contributed by atoms with Crippen LogP contribution in [0.3, 0.4) is 0 Å². The van der Waals surface area contributed by atoms with Gasteiger partial charge in [0.2, 0.25) is 0 Å². The number of carbonyl (C=O) groups is 1. The Morgan fingerprint density at radius 1 is 1.03 bits per heavy atom. The van der Waals surface area contributed by atoms with Crippen LogP contribution in [0, 0.1) is 0 Å². The molecule has 4 atom stereocenters. The molecule has 1 amide bonds. The first-order chi connectivity index (χ1) is 14.0. The van der Waals surface area contributed by atoms with Gasteiger partial charge in [0.25, 0.3) is 5.91 Å². The van der Waals surface area contributed by atoms with Crippen molar-refractivity contribution in [1.82, 2.24) is 9.80 Å². The molecule has 2 aliphatic heterocycles. The minimum atomic E-state index is -1.22. The van der Waals surface area contributed by atoms with Crippen LogP contribution in [0.4, 0.5) is 4.39 Å². The molecule has 29 heavy (non-hydrogen) atoms. The van der Waals surface area contributed by atoms with E-state index in [0.717, 1.165) is 47.6 Å². The van der Waals surface area contributed by atoms with E-state index in [1.54, 1.807) is 0 Å². The fourth-order valence-corrected chi connectivity index (χ4v) is 5.31. The Kier molecular flexibility index (Phi) is 4.81. The molecule has 0 aromatic heterocycles. The second kappa shape index (κ2) is 7.35. The molecule has 0 spiro atoms. The van der Waals surface area contributed by atoms with Gasteiger partial charge in [-0.05, 0) is 40.8 Å². The first-order valence-corrected chi connectivity index (χ1v) is 10.6. The van der Waals surface area contributed by atoms with Crippen molar-refractivity contribution >= 4 is 16.7 Å². The van der Waals surface area contributed by atoms with Crippen molar-refractivity contribution in [2.24, 2.45) is 0 Å². The highest BCUT2D eigenvalue weighted by atomic mass is 19.1. The van der Waals surface area contributed by atoms with Crippen LogP contribution >= 0.6 is 0 Å². The predicted molar refractivity (Wildman–Crippen MR) is 108 cm³/mol. The van der Waals surface area contributed by atoms with Gasteiger partial charge >= 0.3 is 0 Å². The van der Waals surface area contributed by atoms with E-state index in [2.05, 4.69) is 0 Å². The second-order valence-corrected chi connectivity index (χ2v) is 8.74. The number of rotatable bonds is 3. The molecule has 5 nitrogen and oxygen atoms in total. The number of nitrogens with zero attached hydrogens (tertiary/aromatic N) is 2. The number of benzene rings is 2. The van der Waals surface area contributed by atoms with Crippen LogP contribution in [0.1, 0.15) is 47.2 Å². The van der Waals surface area contributed by atoms with Crippen LogP contribution in [-0.4, -0.2) is 63.4 Å². The number of halogens is 1. The zero-order chi connectivity index (χ0) is 20.1. The van der Waals surface area contributed by atoms with Crippen molar-refractivity contribution in [3.63, 3.8) is 0 Å². The van der Waals surface area contributed by atoms with Gasteiger partial charge in [0, 0.05) is 31.7 Å². The molecule has 0 radical (unpaired) electrons. The lowest BCUT2D eigenvalue weighted by Gasteiger charge is -2.35. The number of carbonyl (C=O) groups excluding carboxylic acids is 1. The molecule has 2 heterocycles. The maximum absolute atomic E-state index is 13.8. The zero-order valence-corrected chi connectivity index (χ0v) is 16.4. The van der Waals surface area contributed by atoms with Crippen LogP contribution < -0.4 is 0 Å². The van der Waals surface area contributed by atoms with Crippen LogP contribution in [0.25, 0.3) is 10.8 Å². The van der Waals surface area contributed by atoms with Crippen molar-refractivity contribution < 1.29 is 19.4 Å². The van der Waals surface area contributed by atoms with Crippen molar-refractivity contribution in [2.45, 2.75) is 63.2 Å². The van der Waals surface area contributed by atoms with E-state index in [1.165, 1.54) is 0 Å². The Morgan fingerprint density at radius 2 is 1.79 bits per heavy atom. The molecule has 1 saturated carbocycles. The molecule has 6 heteroatoms. The summed E-state index contributed by atoms with van der Waals surface area (Å²) in [6, 6.07) is 9.88. The highest BCUT2D eigenvalue weighted by Gasteiger charge is 2.38. The van der Waals surface area contributed by atoms with Crippen LogP contribution in [0.15, 0.2) is 30.3 Å². The number of amides is 1. The summed E-state index contributed by atoms with van der Waals surface area (Å²) in [5, 5.41) is 22.4. The van der Waals surface area contributed by atoms with Gasteiger partial charge in [-0.15, -0.1) is 0 Å². The quantitative estimate of drug-likeness (QED) is 0.834. The zero-order valence-electron chi connectivity index (χ0n) is 16.4. The SMILES string of the molecule is O=C1c2cc(CN3CC(O)C(F)C3)c3ccccc3c2CN1C1CCCCC1O.